The highest BCUT2D eigenvalue weighted by Crippen LogP contribution is 2.34. The summed E-state index contributed by atoms with van der Waals surface area (Å²) >= 11 is 0. The second-order valence-electron chi connectivity index (χ2n) is 9.16. The van der Waals surface area contributed by atoms with Crippen LogP contribution in [0.15, 0.2) is 72.8 Å². The van der Waals surface area contributed by atoms with Crippen LogP contribution in [0, 0.1) is 0 Å². The van der Waals surface area contributed by atoms with Gasteiger partial charge in [0.25, 0.3) is 11.8 Å². The molecule has 3 aromatic rings. The van der Waals surface area contributed by atoms with E-state index in [0.29, 0.717) is 25.2 Å². The average Bonchev–Trinajstić information content (AvgIpc) is 3.19. The highest BCUT2D eigenvalue weighted by Gasteiger charge is 2.35. The van der Waals surface area contributed by atoms with Crippen molar-refractivity contribution in [1.82, 2.24) is 9.80 Å². The van der Waals surface area contributed by atoms with Crippen molar-refractivity contribution in [3.8, 4) is 5.75 Å². The van der Waals surface area contributed by atoms with E-state index in [2.05, 4.69) is 23.2 Å². The number of piperazine rings is 1. The molecule has 3 aromatic carbocycles. The fourth-order valence-electron chi connectivity index (χ4n) is 5.09. The predicted molar refractivity (Wildman–Crippen MR) is 142 cm³/mol. The van der Waals surface area contributed by atoms with E-state index in [1.807, 2.05) is 76.5 Å². The summed E-state index contributed by atoms with van der Waals surface area (Å²) in [6.45, 7) is 5.59. The van der Waals surface area contributed by atoms with E-state index in [-0.39, 0.29) is 18.0 Å². The SMILES string of the molecule is CCCN1C(=O)c2ccccc2C1Nc1ccc(C(=O)N2CCN(c3ccccc3OC)CC2)cc1. The fraction of sp³-hybridized carbons (Fsp3) is 0.310. The molecule has 186 valence electrons. The van der Waals surface area contributed by atoms with Crippen molar-refractivity contribution < 1.29 is 14.3 Å². The van der Waals surface area contributed by atoms with Crippen LogP contribution < -0.4 is 15.0 Å². The van der Waals surface area contributed by atoms with Crippen LogP contribution in [0.2, 0.25) is 0 Å². The van der Waals surface area contributed by atoms with Gasteiger partial charge < -0.3 is 24.8 Å². The summed E-state index contributed by atoms with van der Waals surface area (Å²) in [6.07, 6.45) is 0.675. The summed E-state index contributed by atoms with van der Waals surface area (Å²) < 4.78 is 5.50. The van der Waals surface area contributed by atoms with Crippen molar-refractivity contribution in [1.29, 1.82) is 0 Å². The lowest BCUT2D eigenvalue weighted by atomic mass is 10.1. The maximum Gasteiger partial charge on any atom is 0.256 e. The number of methoxy groups -OCH3 is 1. The number of anilines is 2. The fourth-order valence-corrected chi connectivity index (χ4v) is 5.09. The zero-order valence-corrected chi connectivity index (χ0v) is 20.8. The Hall–Kier alpha value is -4.00. The topological polar surface area (TPSA) is 65.1 Å². The molecule has 0 aliphatic carbocycles. The van der Waals surface area contributed by atoms with Crippen molar-refractivity contribution in [2.75, 3.05) is 50.1 Å². The van der Waals surface area contributed by atoms with Crippen LogP contribution in [0.3, 0.4) is 0 Å². The number of benzene rings is 3. The summed E-state index contributed by atoms with van der Waals surface area (Å²) in [7, 11) is 1.68. The van der Waals surface area contributed by atoms with E-state index in [4.69, 9.17) is 4.74 Å². The first-order chi connectivity index (χ1) is 17.6. The molecule has 36 heavy (non-hydrogen) atoms. The van der Waals surface area contributed by atoms with Crippen LogP contribution in [0.4, 0.5) is 11.4 Å². The monoisotopic (exact) mass is 484 g/mol. The molecule has 1 atom stereocenters. The Labute approximate surface area is 212 Å². The molecule has 0 radical (unpaired) electrons. The van der Waals surface area contributed by atoms with E-state index >= 15 is 0 Å². The number of amides is 2. The molecular formula is C29H32N4O3. The molecule has 1 N–H and O–H groups in total. The van der Waals surface area contributed by atoms with E-state index in [1.165, 1.54) is 0 Å². The zero-order chi connectivity index (χ0) is 25.1. The quantitative estimate of drug-likeness (QED) is 0.530. The van der Waals surface area contributed by atoms with Gasteiger partial charge in [-0.3, -0.25) is 9.59 Å². The molecule has 1 fully saturated rings. The van der Waals surface area contributed by atoms with Gasteiger partial charge in [0.05, 0.1) is 12.8 Å². The van der Waals surface area contributed by atoms with Gasteiger partial charge in [-0.1, -0.05) is 37.3 Å². The van der Waals surface area contributed by atoms with Crippen molar-refractivity contribution >= 4 is 23.2 Å². The molecule has 0 saturated carbocycles. The maximum atomic E-state index is 13.2. The predicted octanol–water partition coefficient (Wildman–Crippen LogP) is 4.63. The third-order valence-electron chi connectivity index (χ3n) is 6.95. The molecule has 2 amide bonds. The number of hydrogen-bond donors (Lipinski definition) is 1. The number of para-hydroxylation sites is 2. The summed E-state index contributed by atoms with van der Waals surface area (Å²) in [5.41, 5.74) is 4.35. The van der Waals surface area contributed by atoms with Crippen LogP contribution >= 0.6 is 0 Å². The van der Waals surface area contributed by atoms with Crippen molar-refractivity contribution in [3.63, 3.8) is 0 Å². The van der Waals surface area contributed by atoms with Crippen LogP contribution in [0.1, 0.15) is 45.8 Å². The van der Waals surface area contributed by atoms with E-state index in [0.717, 1.165) is 47.8 Å². The summed E-state index contributed by atoms with van der Waals surface area (Å²) in [5.74, 6) is 0.948. The lowest BCUT2D eigenvalue weighted by Crippen LogP contribution is -2.48. The molecule has 5 rings (SSSR count). The number of nitrogens with zero attached hydrogens (tertiary/aromatic N) is 3. The molecule has 2 heterocycles. The summed E-state index contributed by atoms with van der Waals surface area (Å²) in [4.78, 5) is 32.1. The normalized spacial score (nSPS) is 17.2. The van der Waals surface area contributed by atoms with Gasteiger partial charge in [0.15, 0.2) is 0 Å². The summed E-state index contributed by atoms with van der Waals surface area (Å²) in [6, 6.07) is 23.3. The number of nitrogens with one attached hydrogen (secondary N) is 1. The Morgan fingerprint density at radius 3 is 2.36 bits per heavy atom. The van der Waals surface area contributed by atoms with Gasteiger partial charge in [0, 0.05) is 55.1 Å². The van der Waals surface area contributed by atoms with Gasteiger partial charge in [0.1, 0.15) is 11.9 Å². The van der Waals surface area contributed by atoms with Crippen LogP contribution in [-0.2, 0) is 0 Å². The number of rotatable bonds is 7. The molecule has 1 unspecified atom stereocenters. The van der Waals surface area contributed by atoms with E-state index in [9.17, 15) is 9.59 Å². The lowest BCUT2D eigenvalue weighted by molar-refractivity contribution is 0.0738. The minimum atomic E-state index is -0.210. The van der Waals surface area contributed by atoms with Crippen molar-refractivity contribution in [3.05, 3.63) is 89.5 Å². The molecule has 7 nitrogen and oxygen atoms in total. The Morgan fingerprint density at radius 2 is 1.64 bits per heavy atom. The third kappa shape index (κ3) is 4.49. The Morgan fingerprint density at radius 1 is 0.944 bits per heavy atom. The molecule has 0 spiro atoms. The minimum Gasteiger partial charge on any atom is -0.495 e. The van der Waals surface area contributed by atoms with Crippen molar-refractivity contribution in [2.45, 2.75) is 19.5 Å². The number of carbonyl (C=O) groups is 2. The molecule has 1 saturated heterocycles. The molecular weight excluding hydrogens is 452 g/mol. The average molecular weight is 485 g/mol. The molecule has 7 heteroatoms. The number of hydrogen-bond acceptors (Lipinski definition) is 5. The van der Waals surface area contributed by atoms with Gasteiger partial charge in [-0.15, -0.1) is 0 Å². The Balaban J connectivity index is 1.24. The Bertz CT molecular complexity index is 1240. The second-order valence-corrected chi connectivity index (χ2v) is 9.16. The zero-order valence-electron chi connectivity index (χ0n) is 20.8. The highest BCUT2D eigenvalue weighted by atomic mass is 16.5. The first-order valence-electron chi connectivity index (χ1n) is 12.5. The maximum absolute atomic E-state index is 13.2. The van der Waals surface area contributed by atoms with Crippen LogP contribution in [0.5, 0.6) is 5.75 Å². The largest absolute Gasteiger partial charge is 0.495 e. The van der Waals surface area contributed by atoms with E-state index in [1.54, 1.807) is 7.11 Å². The number of fused-ring (bicyclic) bond motifs is 1. The van der Waals surface area contributed by atoms with Gasteiger partial charge in [-0.25, -0.2) is 0 Å². The molecule has 2 aliphatic rings. The van der Waals surface area contributed by atoms with Gasteiger partial charge in [-0.2, -0.15) is 0 Å². The molecule has 0 bridgehead atoms. The first kappa shape index (κ1) is 23.7. The smallest absolute Gasteiger partial charge is 0.256 e. The Kier molecular flexibility index (Phi) is 6.80. The van der Waals surface area contributed by atoms with Crippen molar-refractivity contribution in [2.24, 2.45) is 0 Å². The first-order valence-corrected chi connectivity index (χ1v) is 12.5. The second kappa shape index (κ2) is 10.3. The third-order valence-corrected chi connectivity index (χ3v) is 6.95. The molecule has 2 aliphatic heterocycles. The number of ether oxygens (including phenoxy) is 1. The standard InChI is InChI=1S/C29H32N4O3/c1-3-16-33-27(23-8-4-5-9-24(23)29(33)35)30-22-14-12-21(13-15-22)28(34)32-19-17-31(18-20-32)25-10-6-7-11-26(25)36-2/h4-15,27,30H,3,16-20H2,1-2H3. The van der Waals surface area contributed by atoms with Gasteiger partial charge in [-0.05, 0) is 48.9 Å². The molecule has 0 aromatic heterocycles. The summed E-state index contributed by atoms with van der Waals surface area (Å²) in [5, 5.41) is 3.50. The van der Waals surface area contributed by atoms with Crippen LogP contribution in [-0.4, -0.2) is 61.4 Å². The number of carbonyl (C=O) groups excluding carboxylic acids is 2. The van der Waals surface area contributed by atoms with Crippen LogP contribution in [0.25, 0.3) is 0 Å². The van der Waals surface area contributed by atoms with Gasteiger partial charge >= 0.3 is 0 Å². The van der Waals surface area contributed by atoms with Gasteiger partial charge in [0.2, 0.25) is 0 Å². The lowest BCUT2D eigenvalue weighted by Gasteiger charge is -2.36. The minimum absolute atomic E-state index is 0.0372. The van der Waals surface area contributed by atoms with E-state index < -0.39 is 0 Å². The highest BCUT2D eigenvalue weighted by molar-refractivity contribution is 5.99.